The van der Waals surface area contributed by atoms with Gasteiger partial charge in [0.05, 0.1) is 11.4 Å². The smallest absolute Gasteiger partial charge is 0.214 e. The maximum atomic E-state index is 14.6. The van der Waals surface area contributed by atoms with Crippen LogP contribution in [0.4, 0.5) is 28.9 Å². The average molecular weight is 396 g/mol. The van der Waals surface area contributed by atoms with Crippen LogP contribution in [0.5, 0.6) is 34.5 Å². The monoisotopic (exact) mass is 396 g/mol. The molecule has 3 rings (SSSR count). The lowest BCUT2D eigenvalue weighted by Crippen LogP contribution is -2.04. The molecule has 0 atom stereocenters. The minimum atomic E-state index is -2.05. The molecule has 0 aliphatic carbocycles. The Balaban J connectivity index is 2.05. The van der Waals surface area contributed by atoms with Crippen molar-refractivity contribution in [3.8, 4) is 34.5 Å². The Morgan fingerprint density at radius 2 is 1.00 bits per heavy atom. The number of phenolic OH excluding ortho intramolecular Hbond substituents is 2. The van der Waals surface area contributed by atoms with Gasteiger partial charge in [-0.15, -0.1) is 0 Å². The highest BCUT2D eigenvalue weighted by molar-refractivity contribution is 5.57. The molecule has 0 aliphatic rings. The molecule has 0 spiro atoms. The molecule has 0 fully saturated rings. The highest BCUT2D eigenvalue weighted by Crippen LogP contribution is 2.41. The molecule has 0 heterocycles. The first kappa shape index (κ1) is 19.0. The van der Waals surface area contributed by atoms with E-state index in [2.05, 4.69) is 0 Å². The predicted octanol–water partition coefficient (Wildman–Crippen LogP) is 4.40. The normalized spacial score (nSPS) is 10.7. The van der Waals surface area contributed by atoms with E-state index in [0.29, 0.717) is 0 Å². The van der Waals surface area contributed by atoms with Crippen molar-refractivity contribution in [1.82, 2.24) is 0 Å². The third kappa shape index (κ3) is 3.39. The zero-order valence-electron chi connectivity index (χ0n) is 13.8. The number of halogens is 4. The number of anilines is 2. The first-order chi connectivity index (χ1) is 13.2. The van der Waals surface area contributed by atoms with Crippen molar-refractivity contribution in [1.29, 1.82) is 0 Å². The van der Waals surface area contributed by atoms with E-state index in [9.17, 15) is 27.8 Å². The molecule has 6 nitrogen and oxygen atoms in total. The third-order valence-electron chi connectivity index (χ3n) is 3.63. The molecule has 0 saturated heterocycles. The van der Waals surface area contributed by atoms with Crippen molar-refractivity contribution in [3.05, 3.63) is 59.7 Å². The first-order valence-electron chi connectivity index (χ1n) is 7.57. The molecule has 28 heavy (non-hydrogen) atoms. The topological polar surface area (TPSA) is 111 Å². The number of nitrogen functional groups attached to an aromatic ring is 2. The highest BCUT2D eigenvalue weighted by Gasteiger charge is 2.29. The van der Waals surface area contributed by atoms with Crippen molar-refractivity contribution in [2.24, 2.45) is 0 Å². The molecule has 0 bridgehead atoms. The van der Waals surface area contributed by atoms with Crippen LogP contribution in [0, 0.1) is 23.3 Å². The predicted molar refractivity (Wildman–Crippen MR) is 91.5 cm³/mol. The first-order valence-corrected chi connectivity index (χ1v) is 7.57. The summed E-state index contributed by atoms with van der Waals surface area (Å²) in [6, 6.07) is 6.49. The van der Waals surface area contributed by atoms with Gasteiger partial charge in [0.25, 0.3) is 0 Å². The molecule has 0 radical (unpaired) electrons. The van der Waals surface area contributed by atoms with Crippen LogP contribution in [0.25, 0.3) is 0 Å². The van der Waals surface area contributed by atoms with Gasteiger partial charge in [-0.1, -0.05) is 0 Å². The molecule has 0 saturated carbocycles. The van der Waals surface area contributed by atoms with Gasteiger partial charge in [0, 0.05) is 12.1 Å². The molecule has 146 valence electrons. The number of hydrogen-bond acceptors (Lipinski definition) is 6. The number of ether oxygens (including phenoxy) is 2. The fourth-order valence-corrected chi connectivity index (χ4v) is 2.18. The van der Waals surface area contributed by atoms with Gasteiger partial charge in [-0.25, -0.2) is 4.39 Å². The second-order valence-corrected chi connectivity index (χ2v) is 5.56. The SMILES string of the molecule is Nc1ccc(Oc2c(F)c(F)c(F)c(Oc3ccc(N)c(O)c3)c2F)cc1O. The van der Waals surface area contributed by atoms with Gasteiger partial charge in [0.1, 0.15) is 23.0 Å². The van der Waals surface area contributed by atoms with Crippen LogP contribution in [-0.2, 0) is 0 Å². The van der Waals surface area contributed by atoms with E-state index in [1.807, 2.05) is 0 Å². The van der Waals surface area contributed by atoms with Crippen LogP contribution < -0.4 is 20.9 Å². The summed E-state index contributed by atoms with van der Waals surface area (Å²) in [5.74, 6) is -11.7. The Hall–Kier alpha value is -3.82. The van der Waals surface area contributed by atoms with Crippen molar-refractivity contribution in [3.63, 3.8) is 0 Å². The maximum absolute atomic E-state index is 14.6. The summed E-state index contributed by atoms with van der Waals surface area (Å²) in [7, 11) is 0. The summed E-state index contributed by atoms with van der Waals surface area (Å²) in [4.78, 5) is 0. The Morgan fingerprint density at radius 1 is 0.607 bits per heavy atom. The summed E-state index contributed by atoms with van der Waals surface area (Å²) < 4.78 is 66.5. The van der Waals surface area contributed by atoms with Crippen molar-refractivity contribution in [2.45, 2.75) is 0 Å². The van der Waals surface area contributed by atoms with Gasteiger partial charge >= 0.3 is 0 Å². The molecule has 0 unspecified atom stereocenters. The fourth-order valence-electron chi connectivity index (χ4n) is 2.18. The minimum absolute atomic E-state index is 0.0363. The molecule has 0 aliphatic heterocycles. The number of rotatable bonds is 4. The standard InChI is InChI=1S/C18H12F4N2O4/c19-13-14(20)17(27-7-1-3-9(23)11(25)5-7)16(22)18(15(13)21)28-8-2-4-10(24)12(26)6-8/h1-6,25-26H,23-24H2. The van der Waals surface area contributed by atoms with E-state index in [4.69, 9.17) is 20.9 Å². The molecule has 3 aromatic carbocycles. The number of nitrogens with two attached hydrogens (primary N) is 2. The number of benzene rings is 3. The van der Waals surface area contributed by atoms with Crippen LogP contribution in [0.15, 0.2) is 36.4 Å². The van der Waals surface area contributed by atoms with E-state index >= 15 is 0 Å². The van der Waals surface area contributed by atoms with E-state index in [1.54, 1.807) is 0 Å². The number of phenols is 2. The van der Waals surface area contributed by atoms with E-state index in [-0.39, 0.29) is 22.9 Å². The van der Waals surface area contributed by atoms with E-state index in [0.717, 1.165) is 24.3 Å². The van der Waals surface area contributed by atoms with Crippen molar-refractivity contribution < 1.29 is 37.2 Å². The third-order valence-corrected chi connectivity index (χ3v) is 3.63. The van der Waals surface area contributed by atoms with Crippen LogP contribution in [-0.4, -0.2) is 10.2 Å². The Kier molecular flexibility index (Phi) is 4.78. The van der Waals surface area contributed by atoms with E-state index in [1.165, 1.54) is 12.1 Å². The quantitative estimate of drug-likeness (QED) is 0.171. The number of aromatic hydroxyl groups is 2. The molecular weight excluding hydrogens is 384 g/mol. The van der Waals surface area contributed by atoms with E-state index < -0.39 is 46.3 Å². The van der Waals surface area contributed by atoms with Gasteiger partial charge in [-0.2, -0.15) is 13.2 Å². The summed E-state index contributed by atoms with van der Waals surface area (Å²) in [6.45, 7) is 0. The molecule has 3 aromatic rings. The average Bonchev–Trinajstić information content (AvgIpc) is 2.66. The second-order valence-electron chi connectivity index (χ2n) is 5.56. The van der Waals surface area contributed by atoms with Gasteiger partial charge in [-0.05, 0) is 24.3 Å². The van der Waals surface area contributed by atoms with Gasteiger partial charge < -0.3 is 31.2 Å². The highest BCUT2D eigenvalue weighted by atomic mass is 19.2. The van der Waals surface area contributed by atoms with Crippen molar-refractivity contribution in [2.75, 3.05) is 11.5 Å². The number of hydrogen-bond donors (Lipinski definition) is 4. The van der Waals surface area contributed by atoms with Crippen LogP contribution in [0.3, 0.4) is 0 Å². The maximum Gasteiger partial charge on any atom is 0.214 e. The van der Waals surface area contributed by atoms with Crippen LogP contribution >= 0.6 is 0 Å². The van der Waals surface area contributed by atoms with Crippen LogP contribution in [0.2, 0.25) is 0 Å². The lowest BCUT2D eigenvalue weighted by atomic mass is 10.2. The van der Waals surface area contributed by atoms with Gasteiger partial charge in [-0.3, -0.25) is 0 Å². The molecule has 6 N–H and O–H groups in total. The lowest BCUT2D eigenvalue weighted by molar-refractivity contribution is 0.329. The lowest BCUT2D eigenvalue weighted by Gasteiger charge is -2.14. The Morgan fingerprint density at radius 3 is 1.36 bits per heavy atom. The molecular formula is C18H12F4N2O4. The Bertz CT molecular complexity index is 995. The molecule has 0 amide bonds. The van der Waals surface area contributed by atoms with Crippen molar-refractivity contribution >= 4 is 11.4 Å². The fraction of sp³-hybridized carbons (Fsp3) is 0. The summed E-state index contributed by atoms with van der Waals surface area (Å²) in [5, 5.41) is 19.1. The summed E-state index contributed by atoms with van der Waals surface area (Å²) >= 11 is 0. The molecule has 10 heteroatoms. The minimum Gasteiger partial charge on any atom is -0.506 e. The Labute approximate surface area is 155 Å². The second kappa shape index (κ2) is 7.06. The largest absolute Gasteiger partial charge is 0.506 e. The van der Waals surface area contributed by atoms with Gasteiger partial charge in [0.2, 0.25) is 34.8 Å². The summed E-state index contributed by atoms with van der Waals surface area (Å²) in [6.07, 6.45) is 0. The zero-order valence-corrected chi connectivity index (χ0v) is 13.8. The zero-order chi connectivity index (χ0) is 20.6. The van der Waals surface area contributed by atoms with Gasteiger partial charge in [0.15, 0.2) is 0 Å². The molecule has 0 aromatic heterocycles. The summed E-state index contributed by atoms with van der Waals surface area (Å²) in [5.41, 5.74) is 10.7. The van der Waals surface area contributed by atoms with Crippen LogP contribution in [0.1, 0.15) is 0 Å².